The molecule has 2 unspecified atom stereocenters. The summed E-state index contributed by atoms with van der Waals surface area (Å²) in [5.41, 5.74) is 0.269. The Balaban J connectivity index is 3.10. The monoisotopic (exact) mass is 227 g/mol. The van der Waals surface area contributed by atoms with Crippen LogP contribution >= 0.6 is 11.6 Å². The van der Waals surface area contributed by atoms with Gasteiger partial charge in [-0.05, 0) is 6.07 Å². The molecule has 0 bridgehead atoms. The fraction of sp³-hybridized carbons (Fsp3) is 0.300. The van der Waals surface area contributed by atoms with Crippen molar-refractivity contribution in [3.63, 3.8) is 0 Å². The molecule has 0 aliphatic heterocycles. The van der Waals surface area contributed by atoms with Crippen LogP contribution in [0.15, 0.2) is 18.2 Å². The number of rotatable bonds is 3. The van der Waals surface area contributed by atoms with Crippen LogP contribution < -0.4 is 4.74 Å². The number of nitrogens with zero attached hydrogens (tertiary/aromatic N) is 1. The molecule has 0 spiro atoms. The maximum Gasteiger partial charge on any atom is 0.170 e. The van der Waals surface area contributed by atoms with Crippen molar-refractivity contribution < 1.29 is 14.9 Å². The van der Waals surface area contributed by atoms with Crippen LogP contribution in [0.4, 0.5) is 0 Å². The summed E-state index contributed by atoms with van der Waals surface area (Å²) in [6.07, 6.45) is -2.84. The second-order valence-corrected chi connectivity index (χ2v) is 3.26. The minimum atomic E-state index is -1.50. The minimum Gasteiger partial charge on any atom is -0.495 e. The SMILES string of the molecule is COc1cccc(C(O)C(O)C#N)c1Cl. The predicted molar refractivity (Wildman–Crippen MR) is 54.6 cm³/mol. The molecule has 0 saturated heterocycles. The first kappa shape index (κ1) is 11.8. The Kier molecular flexibility index (Phi) is 3.92. The molecule has 2 atom stereocenters. The molecular formula is C10H10ClNO3. The Morgan fingerprint density at radius 2 is 2.13 bits per heavy atom. The van der Waals surface area contributed by atoms with Crippen molar-refractivity contribution >= 4 is 11.6 Å². The van der Waals surface area contributed by atoms with Crippen LogP contribution in [0.5, 0.6) is 5.75 Å². The van der Waals surface area contributed by atoms with Crippen LogP contribution in [-0.4, -0.2) is 23.4 Å². The lowest BCUT2D eigenvalue weighted by molar-refractivity contribution is 0.0527. The van der Waals surface area contributed by atoms with E-state index in [0.717, 1.165) is 0 Å². The van der Waals surface area contributed by atoms with Crippen molar-refractivity contribution in [2.75, 3.05) is 7.11 Å². The van der Waals surface area contributed by atoms with E-state index in [2.05, 4.69) is 0 Å². The molecule has 0 aliphatic rings. The third kappa shape index (κ3) is 2.39. The van der Waals surface area contributed by atoms with Gasteiger partial charge in [0.1, 0.15) is 11.9 Å². The largest absolute Gasteiger partial charge is 0.495 e. The Hall–Kier alpha value is -1.28. The number of benzene rings is 1. The van der Waals surface area contributed by atoms with E-state index in [-0.39, 0.29) is 10.6 Å². The van der Waals surface area contributed by atoms with Gasteiger partial charge >= 0.3 is 0 Å². The number of aliphatic hydroxyl groups excluding tert-OH is 2. The molecule has 0 heterocycles. The fourth-order valence-corrected chi connectivity index (χ4v) is 1.47. The van der Waals surface area contributed by atoms with Crippen molar-refractivity contribution in [1.82, 2.24) is 0 Å². The van der Waals surface area contributed by atoms with Crippen molar-refractivity contribution in [3.05, 3.63) is 28.8 Å². The van der Waals surface area contributed by atoms with E-state index in [9.17, 15) is 5.11 Å². The van der Waals surface area contributed by atoms with Gasteiger partial charge in [-0.15, -0.1) is 0 Å². The summed E-state index contributed by atoms with van der Waals surface area (Å²) in [6, 6.07) is 6.30. The average molecular weight is 228 g/mol. The quantitative estimate of drug-likeness (QED) is 0.763. The summed E-state index contributed by atoms with van der Waals surface area (Å²) in [5.74, 6) is 0.387. The average Bonchev–Trinajstić information content (AvgIpc) is 2.27. The lowest BCUT2D eigenvalue weighted by Crippen LogP contribution is -2.16. The van der Waals surface area contributed by atoms with E-state index >= 15 is 0 Å². The number of hydrogen-bond donors (Lipinski definition) is 2. The molecule has 2 N–H and O–H groups in total. The molecule has 80 valence electrons. The smallest absolute Gasteiger partial charge is 0.170 e. The summed E-state index contributed by atoms with van der Waals surface area (Å²) in [4.78, 5) is 0. The number of ether oxygens (including phenoxy) is 1. The van der Waals surface area contributed by atoms with E-state index in [0.29, 0.717) is 5.75 Å². The zero-order chi connectivity index (χ0) is 11.4. The molecule has 15 heavy (non-hydrogen) atoms. The van der Waals surface area contributed by atoms with Gasteiger partial charge in [-0.25, -0.2) is 0 Å². The number of nitriles is 1. The van der Waals surface area contributed by atoms with Crippen LogP contribution in [0.25, 0.3) is 0 Å². The van der Waals surface area contributed by atoms with Crippen LogP contribution in [0.3, 0.4) is 0 Å². The molecule has 0 amide bonds. The van der Waals surface area contributed by atoms with Crippen LogP contribution in [-0.2, 0) is 0 Å². The van der Waals surface area contributed by atoms with Gasteiger partial charge in [0.2, 0.25) is 0 Å². The predicted octanol–water partition coefficient (Wildman–Crippen LogP) is 1.27. The maximum atomic E-state index is 9.58. The first-order chi connectivity index (χ1) is 7.11. The van der Waals surface area contributed by atoms with Crippen molar-refractivity contribution in [2.24, 2.45) is 0 Å². The number of aliphatic hydroxyl groups is 2. The van der Waals surface area contributed by atoms with Gasteiger partial charge in [-0.1, -0.05) is 23.7 Å². The molecule has 1 aromatic carbocycles. The standard InChI is InChI=1S/C10H10ClNO3/c1-15-8-4-2-3-6(9(8)11)10(14)7(13)5-12/h2-4,7,10,13-14H,1H3. The summed E-state index contributed by atoms with van der Waals surface area (Å²) in [6.45, 7) is 0. The van der Waals surface area contributed by atoms with E-state index in [4.69, 9.17) is 26.7 Å². The molecule has 0 aromatic heterocycles. The molecule has 0 aliphatic carbocycles. The highest BCUT2D eigenvalue weighted by Gasteiger charge is 2.21. The third-order valence-corrected chi connectivity index (χ3v) is 2.37. The van der Waals surface area contributed by atoms with Crippen molar-refractivity contribution in [1.29, 1.82) is 5.26 Å². The van der Waals surface area contributed by atoms with Crippen LogP contribution in [0, 0.1) is 11.3 Å². The number of halogens is 1. The highest BCUT2D eigenvalue weighted by molar-refractivity contribution is 6.32. The summed E-state index contributed by atoms with van der Waals surface area (Å²) in [5, 5.41) is 27.4. The van der Waals surface area contributed by atoms with E-state index < -0.39 is 12.2 Å². The third-order valence-electron chi connectivity index (χ3n) is 1.96. The Morgan fingerprint density at radius 1 is 1.47 bits per heavy atom. The van der Waals surface area contributed by atoms with Gasteiger partial charge in [-0.2, -0.15) is 5.26 Å². The van der Waals surface area contributed by atoms with Gasteiger partial charge in [0, 0.05) is 5.56 Å². The van der Waals surface area contributed by atoms with Crippen molar-refractivity contribution in [3.8, 4) is 11.8 Å². The highest BCUT2D eigenvalue weighted by Crippen LogP contribution is 2.32. The van der Waals surface area contributed by atoms with E-state index in [1.807, 2.05) is 0 Å². The number of methoxy groups -OCH3 is 1. The molecule has 1 aromatic rings. The molecular weight excluding hydrogens is 218 g/mol. The normalized spacial score (nSPS) is 14.1. The first-order valence-electron chi connectivity index (χ1n) is 4.20. The summed E-state index contributed by atoms with van der Waals surface area (Å²) < 4.78 is 4.94. The van der Waals surface area contributed by atoms with E-state index in [1.54, 1.807) is 12.1 Å². The molecule has 0 saturated carbocycles. The molecule has 4 nitrogen and oxygen atoms in total. The Labute approximate surface area is 92.3 Å². The lowest BCUT2D eigenvalue weighted by atomic mass is 10.0. The fourth-order valence-electron chi connectivity index (χ4n) is 1.15. The van der Waals surface area contributed by atoms with Crippen LogP contribution in [0.1, 0.15) is 11.7 Å². The Bertz CT molecular complexity index is 389. The summed E-state index contributed by atoms with van der Waals surface area (Å²) >= 11 is 5.90. The molecule has 1 rings (SSSR count). The van der Waals surface area contributed by atoms with Gasteiger partial charge in [0.05, 0.1) is 18.2 Å². The Morgan fingerprint density at radius 3 is 2.67 bits per heavy atom. The van der Waals surface area contributed by atoms with Crippen LogP contribution in [0.2, 0.25) is 5.02 Å². The topological polar surface area (TPSA) is 73.5 Å². The second kappa shape index (κ2) is 4.99. The molecule has 5 heteroatoms. The summed E-state index contributed by atoms with van der Waals surface area (Å²) in [7, 11) is 1.44. The van der Waals surface area contributed by atoms with Crippen molar-refractivity contribution in [2.45, 2.75) is 12.2 Å². The number of hydrogen-bond acceptors (Lipinski definition) is 4. The lowest BCUT2D eigenvalue weighted by Gasteiger charge is -2.15. The van der Waals surface area contributed by atoms with Gasteiger partial charge in [0.15, 0.2) is 6.10 Å². The van der Waals surface area contributed by atoms with Gasteiger partial charge in [0.25, 0.3) is 0 Å². The van der Waals surface area contributed by atoms with Gasteiger partial charge in [-0.3, -0.25) is 0 Å². The zero-order valence-electron chi connectivity index (χ0n) is 8.01. The van der Waals surface area contributed by atoms with E-state index in [1.165, 1.54) is 19.2 Å². The highest BCUT2D eigenvalue weighted by atomic mass is 35.5. The van der Waals surface area contributed by atoms with Gasteiger partial charge < -0.3 is 14.9 Å². The maximum absolute atomic E-state index is 9.58. The molecule has 0 radical (unpaired) electrons. The minimum absolute atomic E-state index is 0.196. The second-order valence-electron chi connectivity index (χ2n) is 2.88. The first-order valence-corrected chi connectivity index (χ1v) is 4.57. The molecule has 0 fully saturated rings. The zero-order valence-corrected chi connectivity index (χ0v) is 8.77.